The number of nitrogens with one attached hydrogen (secondary N) is 2. The molecule has 96 valence electrons. The summed E-state index contributed by atoms with van der Waals surface area (Å²) >= 11 is 0. The number of carbonyl (C=O) groups is 2. The number of para-hydroxylation sites is 1. The molecule has 0 radical (unpaired) electrons. The number of amides is 2. The van der Waals surface area contributed by atoms with Gasteiger partial charge in [-0.1, -0.05) is 18.2 Å². The zero-order valence-corrected chi connectivity index (χ0v) is 10.4. The summed E-state index contributed by atoms with van der Waals surface area (Å²) in [6.07, 6.45) is 0.193. The Labute approximate surface area is 106 Å². The van der Waals surface area contributed by atoms with Crippen molar-refractivity contribution in [2.75, 3.05) is 7.11 Å². The highest BCUT2D eigenvalue weighted by atomic mass is 16.5. The molecule has 18 heavy (non-hydrogen) atoms. The second-order valence-electron chi connectivity index (χ2n) is 4.30. The van der Waals surface area contributed by atoms with Crippen LogP contribution in [0.5, 0.6) is 5.75 Å². The van der Waals surface area contributed by atoms with Gasteiger partial charge < -0.3 is 4.74 Å². The van der Waals surface area contributed by atoms with Crippen LogP contribution in [0.4, 0.5) is 0 Å². The van der Waals surface area contributed by atoms with Crippen molar-refractivity contribution in [2.24, 2.45) is 0 Å². The van der Waals surface area contributed by atoms with Crippen LogP contribution in [0.15, 0.2) is 24.3 Å². The third-order valence-corrected chi connectivity index (χ3v) is 3.03. The molecular formula is C13H16N2O3. The van der Waals surface area contributed by atoms with Crippen molar-refractivity contribution >= 4 is 11.8 Å². The molecule has 1 fully saturated rings. The van der Waals surface area contributed by atoms with Crippen LogP contribution in [0.3, 0.4) is 0 Å². The van der Waals surface area contributed by atoms with Gasteiger partial charge in [-0.3, -0.25) is 20.2 Å². The number of rotatable bonds is 4. The Morgan fingerprint density at radius 3 is 2.72 bits per heavy atom. The number of ether oxygens (including phenoxy) is 1. The average Bonchev–Trinajstić information content (AvgIpc) is 2.67. The Morgan fingerprint density at radius 2 is 2.11 bits per heavy atom. The standard InChI is InChI=1S/C13H16N2O3/c1-8(9-5-3-4-6-11(9)18-2)14-10-7-12(16)15-13(10)17/h3-6,8,10,14H,7H2,1-2H3,(H,15,16,17)/t8-,10?/m1/s1. The SMILES string of the molecule is COc1ccccc1[C@@H](C)NC1CC(=O)NC1=O. The summed E-state index contributed by atoms with van der Waals surface area (Å²) in [5.41, 5.74) is 0.965. The number of hydrogen-bond acceptors (Lipinski definition) is 4. The van der Waals surface area contributed by atoms with Crippen LogP contribution in [0.2, 0.25) is 0 Å². The molecule has 1 aliphatic rings. The molecule has 2 atom stereocenters. The van der Waals surface area contributed by atoms with Gasteiger partial charge in [0.25, 0.3) is 0 Å². The summed E-state index contributed by atoms with van der Waals surface area (Å²) in [5.74, 6) is 0.272. The fraction of sp³-hybridized carbons (Fsp3) is 0.385. The van der Waals surface area contributed by atoms with Crippen LogP contribution in [0.1, 0.15) is 24.9 Å². The minimum atomic E-state index is -0.461. The third-order valence-electron chi connectivity index (χ3n) is 3.03. The first kappa shape index (κ1) is 12.6. The van der Waals surface area contributed by atoms with Gasteiger partial charge in [0, 0.05) is 11.6 Å². The van der Waals surface area contributed by atoms with Crippen LogP contribution >= 0.6 is 0 Å². The summed E-state index contributed by atoms with van der Waals surface area (Å²) in [5, 5.41) is 5.42. The van der Waals surface area contributed by atoms with Gasteiger partial charge in [0.15, 0.2) is 0 Å². The van der Waals surface area contributed by atoms with Crippen molar-refractivity contribution in [3.63, 3.8) is 0 Å². The number of carbonyl (C=O) groups excluding carboxylic acids is 2. The van der Waals surface area contributed by atoms with Gasteiger partial charge in [0.05, 0.1) is 19.6 Å². The molecule has 2 amide bonds. The highest BCUT2D eigenvalue weighted by molar-refractivity contribution is 6.05. The topological polar surface area (TPSA) is 67.4 Å². The van der Waals surface area contributed by atoms with Crippen molar-refractivity contribution in [2.45, 2.75) is 25.4 Å². The second kappa shape index (κ2) is 5.18. The van der Waals surface area contributed by atoms with Crippen LogP contribution < -0.4 is 15.4 Å². The molecular weight excluding hydrogens is 232 g/mol. The second-order valence-corrected chi connectivity index (χ2v) is 4.30. The van der Waals surface area contributed by atoms with E-state index in [1.807, 2.05) is 31.2 Å². The molecule has 0 aromatic heterocycles. The predicted molar refractivity (Wildman–Crippen MR) is 66.1 cm³/mol. The molecule has 0 bridgehead atoms. The first-order valence-corrected chi connectivity index (χ1v) is 5.84. The Morgan fingerprint density at radius 1 is 1.39 bits per heavy atom. The summed E-state index contributed by atoms with van der Waals surface area (Å²) in [6.45, 7) is 1.94. The highest BCUT2D eigenvalue weighted by Gasteiger charge is 2.31. The van der Waals surface area contributed by atoms with Gasteiger partial charge in [-0.05, 0) is 13.0 Å². The molecule has 0 aliphatic carbocycles. The van der Waals surface area contributed by atoms with Crippen molar-refractivity contribution in [3.05, 3.63) is 29.8 Å². The molecule has 1 saturated heterocycles. The van der Waals surface area contributed by atoms with E-state index in [0.717, 1.165) is 11.3 Å². The van der Waals surface area contributed by atoms with E-state index >= 15 is 0 Å². The molecule has 0 spiro atoms. The summed E-state index contributed by atoms with van der Waals surface area (Å²) in [4.78, 5) is 22.6. The zero-order chi connectivity index (χ0) is 13.1. The number of benzene rings is 1. The fourth-order valence-corrected chi connectivity index (χ4v) is 2.10. The molecule has 1 aromatic carbocycles. The summed E-state index contributed by atoms with van der Waals surface area (Å²) in [7, 11) is 1.61. The van der Waals surface area contributed by atoms with Crippen LogP contribution in [-0.2, 0) is 9.59 Å². The van der Waals surface area contributed by atoms with Crippen molar-refractivity contribution in [3.8, 4) is 5.75 Å². The fourth-order valence-electron chi connectivity index (χ4n) is 2.10. The first-order valence-electron chi connectivity index (χ1n) is 5.84. The molecule has 2 N–H and O–H groups in total. The molecule has 1 unspecified atom stereocenters. The van der Waals surface area contributed by atoms with E-state index < -0.39 is 6.04 Å². The van der Waals surface area contributed by atoms with Gasteiger partial charge >= 0.3 is 0 Å². The minimum Gasteiger partial charge on any atom is -0.496 e. The zero-order valence-electron chi connectivity index (χ0n) is 10.4. The number of imide groups is 1. The van der Waals surface area contributed by atoms with E-state index in [1.54, 1.807) is 7.11 Å². The minimum absolute atomic E-state index is 0.0669. The first-order chi connectivity index (χ1) is 8.61. The van der Waals surface area contributed by atoms with E-state index in [4.69, 9.17) is 4.74 Å². The van der Waals surface area contributed by atoms with Crippen LogP contribution in [-0.4, -0.2) is 25.0 Å². The Balaban J connectivity index is 2.10. The van der Waals surface area contributed by atoms with E-state index in [0.29, 0.717) is 0 Å². The average molecular weight is 248 g/mol. The number of hydrogen-bond donors (Lipinski definition) is 2. The molecule has 2 rings (SSSR count). The lowest BCUT2D eigenvalue weighted by atomic mass is 10.1. The number of methoxy groups -OCH3 is 1. The van der Waals surface area contributed by atoms with Crippen molar-refractivity contribution < 1.29 is 14.3 Å². The van der Waals surface area contributed by atoms with Gasteiger partial charge in [0.1, 0.15) is 5.75 Å². The maximum Gasteiger partial charge on any atom is 0.244 e. The maximum atomic E-state index is 11.5. The summed E-state index contributed by atoms with van der Waals surface area (Å²) < 4.78 is 5.27. The lowest BCUT2D eigenvalue weighted by molar-refractivity contribution is -0.125. The lowest BCUT2D eigenvalue weighted by Crippen LogP contribution is -2.37. The molecule has 5 nitrogen and oxygen atoms in total. The van der Waals surface area contributed by atoms with Crippen LogP contribution in [0, 0.1) is 0 Å². The Bertz CT molecular complexity index is 473. The molecule has 1 aliphatic heterocycles. The Hall–Kier alpha value is -1.88. The van der Waals surface area contributed by atoms with E-state index in [-0.39, 0.29) is 24.3 Å². The van der Waals surface area contributed by atoms with Crippen LogP contribution in [0.25, 0.3) is 0 Å². The quantitative estimate of drug-likeness (QED) is 0.772. The maximum absolute atomic E-state index is 11.5. The monoisotopic (exact) mass is 248 g/mol. The highest BCUT2D eigenvalue weighted by Crippen LogP contribution is 2.25. The molecule has 1 heterocycles. The largest absolute Gasteiger partial charge is 0.496 e. The molecule has 1 aromatic rings. The van der Waals surface area contributed by atoms with Crippen molar-refractivity contribution in [1.29, 1.82) is 0 Å². The molecule has 0 saturated carbocycles. The summed E-state index contributed by atoms with van der Waals surface area (Å²) in [6, 6.07) is 7.08. The van der Waals surface area contributed by atoms with Gasteiger partial charge in [-0.2, -0.15) is 0 Å². The Kier molecular flexibility index (Phi) is 3.62. The lowest BCUT2D eigenvalue weighted by Gasteiger charge is -2.19. The predicted octanol–water partition coefficient (Wildman–Crippen LogP) is 0.761. The van der Waals surface area contributed by atoms with Crippen molar-refractivity contribution in [1.82, 2.24) is 10.6 Å². The van der Waals surface area contributed by atoms with E-state index in [2.05, 4.69) is 10.6 Å². The van der Waals surface area contributed by atoms with E-state index in [1.165, 1.54) is 0 Å². The normalized spacial score (nSPS) is 20.7. The van der Waals surface area contributed by atoms with E-state index in [9.17, 15) is 9.59 Å². The van der Waals surface area contributed by atoms with Gasteiger partial charge in [-0.25, -0.2) is 0 Å². The van der Waals surface area contributed by atoms with Gasteiger partial charge in [-0.15, -0.1) is 0 Å². The van der Waals surface area contributed by atoms with Gasteiger partial charge in [0.2, 0.25) is 11.8 Å². The smallest absolute Gasteiger partial charge is 0.244 e. The third kappa shape index (κ3) is 2.51. The molecule has 5 heteroatoms.